The van der Waals surface area contributed by atoms with E-state index in [0.29, 0.717) is 36.0 Å². The smallest absolute Gasteiger partial charge is 0.416 e. The van der Waals surface area contributed by atoms with E-state index in [1.807, 2.05) is 55.5 Å². The van der Waals surface area contributed by atoms with Gasteiger partial charge in [0, 0.05) is 11.1 Å². The molecule has 0 aromatic heterocycles. The standard InChI is InChI=1S/C31H27F3N2O4/c1-2-38-29-17-23(15-16-28(29)40-20-22-9-4-3-5-10-22)21-39-27-14-7-6-11-25(27)19-35-36-30(37)24-12-8-13-26(18-24)31(32,33)34/h3-19H,2,20-21H2,1H3,(H,36,37)/b35-19+. The highest BCUT2D eigenvalue weighted by Crippen LogP contribution is 2.31. The van der Waals surface area contributed by atoms with Crippen molar-refractivity contribution >= 4 is 12.1 Å². The van der Waals surface area contributed by atoms with E-state index in [9.17, 15) is 18.0 Å². The maximum Gasteiger partial charge on any atom is 0.416 e. The van der Waals surface area contributed by atoms with Crippen LogP contribution in [0.1, 0.15) is 39.5 Å². The lowest BCUT2D eigenvalue weighted by Gasteiger charge is -2.14. The molecule has 1 amide bonds. The number of hydrazone groups is 1. The number of ether oxygens (including phenoxy) is 3. The summed E-state index contributed by atoms with van der Waals surface area (Å²) in [6.07, 6.45) is -3.18. The number of alkyl halides is 3. The van der Waals surface area contributed by atoms with Gasteiger partial charge in [-0.1, -0.05) is 54.6 Å². The van der Waals surface area contributed by atoms with E-state index in [1.165, 1.54) is 18.3 Å². The van der Waals surface area contributed by atoms with Crippen LogP contribution in [-0.2, 0) is 19.4 Å². The first-order chi connectivity index (χ1) is 19.3. The monoisotopic (exact) mass is 548 g/mol. The number of para-hydroxylation sites is 1. The van der Waals surface area contributed by atoms with Gasteiger partial charge in [0.2, 0.25) is 0 Å². The third-order valence-electron chi connectivity index (χ3n) is 5.68. The number of hydrogen-bond acceptors (Lipinski definition) is 5. The normalized spacial score (nSPS) is 11.3. The van der Waals surface area contributed by atoms with Crippen molar-refractivity contribution in [3.8, 4) is 17.2 Å². The van der Waals surface area contributed by atoms with Crippen molar-refractivity contribution in [2.24, 2.45) is 5.10 Å². The predicted octanol–water partition coefficient (Wildman–Crippen LogP) is 7.03. The van der Waals surface area contributed by atoms with Crippen molar-refractivity contribution in [2.45, 2.75) is 26.3 Å². The van der Waals surface area contributed by atoms with E-state index in [2.05, 4.69) is 10.5 Å². The number of halogens is 3. The summed E-state index contributed by atoms with van der Waals surface area (Å²) in [4.78, 5) is 12.3. The average Bonchev–Trinajstić information content (AvgIpc) is 2.96. The van der Waals surface area contributed by atoms with E-state index in [1.54, 1.807) is 24.3 Å². The summed E-state index contributed by atoms with van der Waals surface area (Å²) in [6, 6.07) is 26.6. The number of carbonyl (C=O) groups is 1. The lowest BCUT2D eigenvalue weighted by molar-refractivity contribution is -0.137. The Morgan fingerprint density at radius 3 is 2.27 bits per heavy atom. The Balaban J connectivity index is 1.39. The van der Waals surface area contributed by atoms with Crippen LogP contribution in [0.3, 0.4) is 0 Å². The van der Waals surface area contributed by atoms with E-state index in [-0.39, 0.29) is 12.2 Å². The Kier molecular flexibility index (Phi) is 9.40. The second-order valence-electron chi connectivity index (χ2n) is 8.59. The fraction of sp³-hybridized carbons (Fsp3) is 0.161. The number of benzene rings is 4. The fourth-order valence-electron chi connectivity index (χ4n) is 3.71. The Hall–Kier alpha value is -4.79. The summed E-state index contributed by atoms with van der Waals surface area (Å²) in [5.74, 6) is 0.964. The van der Waals surface area contributed by atoms with Gasteiger partial charge in [-0.05, 0) is 60.5 Å². The van der Waals surface area contributed by atoms with E-state index < -0.39 is 17.6 Å². The molecular weight excluding hydrogens is 521 g/mol. The van der Waals surface area contributed by atoms with Crippen molar-refractivity contribution < 1.29 is 32.2 Å². The van der Waals surface area contributed by atoms with Gasteiger partial charge >= 0.3 is 6.18 Å². The molecule has 0 saturated heterocycles. The number of hydrogen-bond donors (Lipinski definition) is 1. The topological polar surface area (TPSA) is 69.2 Å². The lowest BCUT2D eigenvalue weighted by Crippen LogP contribution is -2.18. The zero-order valence-electron chi connectivity index (χ0n) is 21.7. The molecule has 9 heteroatoms. The zero-order valence-corrected chi connectivity index (χ0v) is 21.7. The number of amides is 1. The molecule has 0 heterocycles. The van der Waals surface area contributed by atoms with Crippen LogP contribution in [0.2, 0.25) is 0 Å². The van der Waals surface area contributed by atoms with Crippen molar-refractivity contribution in [2.75, 3.05) is 6.61 Å². The van der Waals surface area contributed by atoms with Crippen LogP contribution in [0, 0.1) is 0 Å². The maximum atomic E-state index is 12.9. The van der Waals surface area contributed by atoms with E-state index in [0.717, 1.165) is 23.3 Å². The lowest BCUT2D eigenvalue weighted by atomic mass is 10.1. The minimum atomic E-state index is -4.55. The fourth-order valence-corrected chi connectivity index (χ4v) is 3.71. The van der Waals surface area contributed by atoms with Crippen LogP contribution >= 0.6 is 0 Å². The Labute approximate surface area is 230 Å². The number of nitrogens with one attached hydrogen (secondary N) is 1. The summed E-state index contributed by atoms with van der Waals surface area (Å²) in [7, 11) is 0. The maximum absolute atomic E-state index is 12.9. The molecule has 0 radical (unpaired) electrons. The van der Waals surface area contributed by atoms with Crippen molar-refractivity contribution in [1.82, 2.24) is 5.43 Å². The van der Waals surface area contributed by atoms with Crippen LogP contribution in [0.4, 0.5) is 13.2 Å². The minimum Gasteiger partial charge on any atom is -0.490 e. The molecule has 4 aromatic rings. The van der Waals surface area contributed by atoms with Gasteiger partial charge in [-0.2, -0.15) is 18.3 Å². The van der Waals surface area contributed by atoms with Gasteiger partial charge in [0.15, 0.2) is 11.5 Å². The highest BCUT2D eigenvalue weighted by Gasteiger charge is 2.30. The third-order valence-corrected chi connectivity index (χ3v) is 5.68. The zero-order chi connectivity index (χ0) is 28.4. The Morgan fingerprint density at radius 1 is 0.775 bits per heavy atom. The van der Waals surface area contributed by atoms with Crippen LogP contribution in [0.5, 0.6) is 17.2 Å². The summed E-state index contributed by atoms with van der Waals surface area (Å²) in [5.41, 5.74) is 3.65. The van der Waals surface area contributed by atoms with Crippen molar-refractivity contribution in [3.63, 3.8) is 0 Å². The molecule has 0 aliphatic heterocycles. The van der Waals surface area contributed by atoms with Crippen molar-refractivity contribution in [3.05, 3.63) is 125 Å². The molecule has 0 spiro atoms. The number of carbonyl (C=O) groups excluding carboxylic acids is 1. The van der Waals surface area contributed by atoms with E-state index in [4.69, 9.17) is 14.2 Å². The van der Waals surface area contributed by atoms with Gasteiger partial charge in [-0.25, -0.2) is 5.43 Å². The van der Waals surface area contributed by atoms with Crippen LogP contribution in [0.15, 0.2) is 102 Å². The van der Waals surface area contributed by atoms with Gasteiger partial charge in [0.25, 0.3) is 5.91 Å². The van der Waals surface area contributed by atoms with Gasteiger partial charge in [-0.15, -0.1) is 0 Å². The highest BCUT2D eigenvalue weighted by molar-refractivity contribution is 5.95. The molecule has 0 aliphatic carbocycles. The first kappa shape index (κ1) is 28.2. The molecule has 0 saturated carbocycles. The summed E-state index contributed by atoms with van der Waals surface area (Å²) in [6.45, 7) is 3.00. The predicted molar refractivity (Wildman–Crippen MR) is 146 cm³/mol. The number of rotatable bonds is 11. The second-order valence-corrected chi connectivity index (χ2v) is 8.59. The van der Waals surface area contributed by atoms with Gasteiger partial charge < -0.3 is 14.2 Å². The molecule has 0 atom stereocenters. The van der Waals surface area contributed by atoms with E-state index >= 15 is 0 Å². The Morgan fingerprint density at radius 2 is 1.50 bits per heavy atom. The SMILES string of the molecule is CCOc1cc(COc2ccccc2/C=N/NC(=O)c2cccc(C(F)(F)F)c2)ccc1OCc1ccccc1. The molecule has 0 bridgehead atoms. The Bertz CT molecular complexity index is 1460. The van der Waals surface area contributed by atoms with Crippen LogP contribution in [0.25, 0.3) is 0 Å². The molecule has 206 valence electrons. The molecular formula is C31H27F3N2O4. The summed E-state index contributed by atoms with van der Waals surface area (Å²) in [5, 5.41) is 3.90. The molecule has 0 aliphatic rings. The summed E-state index contributed by atoms with van der Waals surface area (Å²) < 4.78 is 56.5. The molecule has 4 aromatic carbocycles. The largest absolute Gasteiger partial charge is 0.490 e. The molecule has 40 heavy (non-hydrogen) atoms. The van der Waals surface area contributed by atoms with Crippen LogP contribution < -0.4 is 19.6 Å². The first-order valence-electron chi connectivity index (χ1n) is 12.5. The quantitative estimate of drug-likeness (QED) is 0.161. The molecule has 0 unspecified atom stereocenters. The first-order valence-corrected chi connectivity index (χ1v) is 12.5. The third kappa shape index (κ3) is 7.86. The summed E-state index contributed by atoms with van der Waals surface area (Å²) >= 11 is 0. The number of nitrogens with zero attached hydrogens (tertiary/aromatic N) is 1. The second kappa shape index (κ2) is 13.3. The highest BCUT2D eigenvalue weighted by atomic mass is 19.4. The molecule has 0 fully saturated rings. The van der Waals surface area contributed by atoms with Gasteiger partial charge in [0.1, 0.15) is 19.0 Å². The van der Waals surface area contributed by atoms with Crippen molar-refractivity contribution in [1.29, 1.82) is 0 Å². The molecule has 6 nitrogen and oxygen atoms in total. The molecule has 1 N–H and O–H groups in total. The minimum absolute atomic E-state index is 0.155. The average molecular weight is 549 g/mol. The van der Waals surface area contributed by atoms with Gasteiger partial charge in [0.05, 0.1) is 18.4 Å². The van der Waals surface area contributed by atoms with Gasteiger partial charge in [-0.3, -0.25) is 4.79 Å². The van der Waals surface area contributed by atoms with Crippen LogP contribution in [-0.4, -0.2) is 18.7 Å². The molecule has 4 rings (SSSR count).